The highest BCUT2D eigenvalue weighted by Gasteiger charge is 2.52. The summed E-state index contributed by atoms with van der Waals surface area (Å²) in [7, 11) is 1.44. The molecule has 0 unspecified atom stereocenters. The minimum atomic E-state index is -4.72. The molecule has 0 N–H and O–H groups in total. The molecule has 1 aliphatic carbocycles. The smallest absolute Gasteiger partial charge is 0.382 e. The van der Waals surface area contributed by atoms with Crippen molar-refractivity contribution in [1.82, 2.24) is 4.90 Å². The first-order chi connectivity index (χ1) is 13.9. The molecule has 0 aromatic heterocycles. The Bertz CT molecular complexity index is 821. The Balaban J connectivity index is 1.54. The number of carbonyl (C=O) groups is 1. The van der Waals surface area contributed by atoms with Gasteiger partial charge in [-0.15, -0.1) is 0 Å². The largest absolute Gasteiger partial charge is 0.417 e. The van der Waals surface area contributed by atoms with E-state index in [1.165, 1.54) is 12.0 Å². The van der Waals surface area contributed by atoms with E-state index in [1.807, 2.05) is 0 Å². The Morgan fingerprint density at radius 3 is 2.40 bits per heavy atom. The molecule has 3 rings (SSSR count). The number of nitroso groups, excluding NO2 is 1. The lowest BCUT2D eigenvalue weighted by atomic mass is 9.68. The van der Waals surface area contributed by atoms with Crippen LogP contribution in [-0.2, 0) is 21.6 Å². The summed E-state index contributed by atoms with van der Waals surface area (Å²) in [4.78, 5) is 24.8. The molecule has 30 heavy (non-hydrogen) atoms. The highest BCUT2D eigenvalue weighted by atomic mass is 35.5. The Hall–Kier alpha value is -1.81. The summed E-state index contributed by atoms with van der Waals surface area (Å²) >= 11 is 5.54. The van der Waals surface area contributed by atoms with Crippen molar-refractivity contribution in [3.63, 3.8) is 0 Å². The number of amides is 1. The number of halogens is 6. The predicted octanol–water partition coefficient (Wildman–Crippen LogP) is 4.86. The molecule has 1 saturated carbocycles. The molecule has 2 aliphatic rings. The van der Waals surface area contributed by atoms with Crippen molar-refractivity contribution in [3.05, 3.63) is 39.3 Å². The van der Waals surface area contributed by atoms with Gasteiger partial charge in [0.15, 0.2) is 0 Å². The summed E-state index contributed by atoms with van der Waals surface area (Å²) in [6.07, 6.45) is -4.79. The van der Waals surface area contributed by atoms with Crippen LogP contribution < -0.4 is 0 Å². The van der Waals surface area contributed by atoms with Crippen molar-refractivity contribution in [2.45, 2.75) is 36.9 Å². The average molecular weight is 455 g/mol. The van der Waals surface area contributed by atoms with Crippen LogP contribution >= 0.6 is 11.6 Å². The van der Waals surface area contributed by atoms with Crippen LogP contribution in [0.3, 0.4) is 0 Å². The van der Waals surface area contributed by atoms with E-state index in [4.69, 9.17) is 16.3 Å². The number of methoxy groups -OCH3 is 1. The second-order valence-corrected chi connectivity index (χ2v) is 8.47. The average Bonchev–Trinajstić information content (AvgIpc) is 2.59. The van der Waals surface area contributed by atoms with Crippen molar-refractivity contribution in [3.8, 4) is 0 Å². The van der Waals surface area contributed by atoms with Gasteiger partial charge in [-0.1, -0.05) is 22.8 Å². The molecule has 166 valence electrons. The number of ether oxygens (including phenoxy) is 1. The summed E-state index contributed by atoms with van der Waals surface area (Å²) in [5.41, 5.74) is -2.65. The van der Waals surface area contributed by atoms with Crippen molar-refractivity contribution in [1.29, 1.82) is 0 Å². The fourth-order valence-electron chi connectivity index (χ4n) is 4.11. The van der Waals surface area contributed by atoms with Gasteiger partial charge in [-0.2, -0.15) is 18.1 Å². The lowest BCUT2D eigenvalue weighted by Gasteiger charge is -2.47. The highest BCUT2D eigenvalue weighted by molar-refractivity contribution is 6.31. The number of likely N-dealkylation sites (tertiary alicyclic amines) is 1. The number of alkyl halides is 5. The highest BCUT2D eigenvalue weighted by Crippen LogP contribution is 2.45. The van der Waals surface area contributed by atoms with Gasteiger partial charge in [-0.05, 0) is 25.0 Å². The lowest BCUT2D eigenvalue weighted by Crippen LogP contribution is -2.58. The number of carbonyl (C=O) groups excluding carboxylic acids is 1. The predicted molar refractivity (Wildman–Crippen MR) is 98.2 cm³/mol. The maximum absolute atomic E-state index is 14.5. The number of benzene rings is 1. The molecule has 0 bridgehead atoms. The van der Waals surface area contributed by atoms with Crippen LogP contribution in [0.5, 0.6) is 0 Å². The van der Waals surface area contributed by atoms with E-state index in [1.54, 1.807) is 0 Å². The standard InChI is InChI=1S/C19H20ClF5N2O3/c1-30-10-17(26-29)6-12(7-17)16(28)27-8-11(9-27)5-18(21,22)13-2-3-14(15(20)4-13)19(23,24)25/h2-4,11-12H,5-10H2,1H3. The quantitative estimate of drug-likeness (QED) is 0.436. The van der Waals surface area contributed by atoms with Gasteiger partial charge in [-0.25, -0.2) is 8.78 Å². The van der Waals surface area contributed by atoms with E-state index >= 15 is 0 Å². The second kappa shape index (κ2) is 8.03. The van der Waals surface area contributed by atoms with Gasteiger partial charge in [0, 0.05) is 44.0 Å². The van der Waals surface area contributed by atoms with Crippen molar-refractivity contribution < 1.29 is 31.5 Å². The van der Waals surface area contributed by atoms with E-state index < -0.39 is 46.1 Å². The summed E-state index contributed by atoms with van der Waals surface area (Å²) in [5.74, 6) is -4.45. The minimum absolute atomic E-state index is 0.130. The van der Waals surface area contributed by atoms with Crippen LogP contribution in [0.1, 0.15) is 30.4 Å². The fourth-order valence-corrected chi connectivity index (χ4v) is 4.40. The first kappa shape index (κ1) is 22.9. The molecule has 1 aliphatic heterocycles. The molecule has 1 amide bonds. The SMILES string of the molecule is COCC1(N=O)CC(C(=O)N2CC(CC(F)(F)c3ccc(C(F)(F)F)c(Cl)c3)C2)C1. The van der Waals surface area contributed by atoms with Crippen LogP contribution in [0.25, 0.3) is 0 Å². The third-order valence-electron chi connectivity index (χ3n) is 5.72. The van der Waals surface area contributed by atoms with Crippen LogP contribution in [0.2, 0.25) is 5.02 Å². The molecule has 1 aromatic carbocycles. The van der Waals surface area contributed by atoms with Gasteiger partial charge >= 0.3 is 6.18 Å². The first-order valence-corrected chi connectivity index (χ1v) is 9.66. The van der Waals surface area contributed by atoms with E-state index in [9.17, 15) is 31.7 Å². The number of rotatable bonds is 7. The van der Waals surface area contributed by atoms with Gasteiger partial charge in [0.2, 0.25) is 5.91 Å². The molecule has 1 aromatic rings. The summed E-state index contributed by atoms with van der Waals surface area (Å²) in [6, 6.07) is 1.92. The van der Waals surface area contributed by atoms with Gasteiger partial charge in [0.1, 0.15) is 5.54 Å². The first-order valence-electron chi connectivity index (χ1n) is 9.28. The molecule has 11 heteroatoms. The third-order valence-corrected chi connectivity index (χ3v) is 6.03. The maximum Gasteiger partial charge on any atom is 0.417 e. The molecular weight excluding hydrogens is 435 g/mol. The summed E-state index contributed by atoms with van der Waals surface area (Å²) in [6.45, 7) is 0.390. The van der Waals surface area contributed by atoms with Crippen molar-refractivity contribution >= 4 is 17.5 Å². The van der Waals surface area contributed by atoms with E-state index in [0.29, 0.717) is 12.1 Å². The Kier molecular flexibility index (Phi) is 6.12. The minimum Gasteiger partial charge on any atom is -0.382 e. The van der Waals surface area contributed by atoms with Crippen LogP contribution in [0.4, 0.5) is 22.0 Å². The second-order valence-electron chi connectivity index (χ2n) is 8.06. The van der Waals surface area contributed by atoms with Crippen LogP contribution in [0.15, 0.2) is 23.4 Å². The van der Waals surface area contributed by atoms with Gasteiger partial charge < -0.3 is 9.64 Å². The van der Waals surface area contributed by atoms with Gasteiger partial charge in [0.05, 0.1) is 17.2 Å². The number of hydrogen-bond acceptors (Lipinski definition) is 4. The Labute approximate surface area is 174 Å². The molecule has 1 heterocycles. The zero-order chi connectivity index (χ0) is 22.3. The van der Waals surface area contributed by atoms with Crippen LogP contribution in [0, 0.1) is 16.7 Å². The maximum atomic E-state index is 14.5. The monoisotopic (exact) mass is 454 g/mol. The van der Waals surface area contributed by atoms with Crippen LogP contribution in [-0.4, -0.2) is 43.2 Å². The fraction of sp³-hybridized carbons (Fsp3) is 0.632. The zero-order valence-corrected chi connectivity index (χ0v) is 16.8. The van der Waals surface area contributed by atoms with Gasteiger partial charge in [0.25, 0.3) is 5.92 Å². The van der Waals surface area contributed by atoms with E-state index in [-0.39, 0.29) is 44.4 Å². The molecular formula is C19H20ClF5N2O3. The molecule has 5 nitrogen and oxygen atoms in total. The Morgan fingerprint density at radius 1 is 1.27 bits per heavy atom. The van der Waals surface area contributed by atoms with Crippen molar-refractivity contribution in [2.24, 2.45) is 17.0 Å². The third kappa shape index (κ3) is 4.44. The Morgan fingerprint density at radius 2 is 1.90 bits per heavy atom. The van der Waals surface area contributed by atoms with E-state index in [2.05, 4.69) is 5.18 Å². The normalized spacial score (nSPS) is 24.9. The molecule has 2 fully saturated rings. The lowest BCUT2D eigenvalue weighted by molar-refractivity contribution is -0.151. The summed E-state index contributed by atoms with van der Waals surface area (Å²) in [5, 5.41) is 2.27. The molecule has 1 saturated heterocycles. The van der Waals surface area contributed by atoms with Gasteiger partial charge in [-0.3, -0.25) is 4.79 Å². The number of nitrogens with zero attached hydrogens (tertiary/aromatic N) is 2. The summed E-state index contributed by atoms with van der Waals surface area (Å²) < 4.78 is 72.2. The van der Waals surface area contributed by atoms with E-state index in [0.717, 1.165) is 6.07 Å². The number of hydrogen-bond donors (Lipinski definition) is 0. The molecule has 0 atom stereocenters. The topological polar surface area (TPSA) is 59.0 Å². The van der Waals surface area contributed by atoms with Crippen molar-refractivity contribution in [2.75, 3.05) is 26.8 Å². The molecule has 0 radical (unpaired) electrons. The molecule has 0 spiro atoms. The zero-order valence-electron chi connectivity index (χ0n) is 16.0.